The smallest absolute Gasteiger partial charge is 0.259 e. The second kappa shape index (κ2) is 9.93. The topological polar surface area (TPSA) is 78.3 Å². The molecule has 0 bridgehead atoms. The second-order valence-corrected chi connectivity index (χ2v) is 7.69. The van der Waals surface area contributed by atoms with E-state index in [4.69, 9.17) is 9.47 Å². The average Bonchev–Trinajstić information content (AvgIpc) is 3.41. The van der Waals surface area contributed by atoms with E-state index >= 15 is 0 Å². The lowest BCUT2D eigenvalue weighted by molar-refractivity contribution is 0.102. The van der Waals surface area contributed by atoms with Crippen molar-refractivity contribution >= 4 is 11.6 Å². The molecule has 2 aromatic heterocycles. The minimum absolute atomic E-state index is 0.270. The summed E-state index contributed by atoms with van der Waals surface area (Å²) in [6.07, 6.45) is 3.82. The maximum atomic E-state index is 12.9. The summed E-state index contributed by atoms with van der Waals surface area (Å²) in [4.78, 5) is 21.8. The number of ether oxygens (including phenoxy) is 2. The van der Waals surface area contributed by atoms with Gasteiger partial charge in [-0.3, -0.25) is 4.79 Å². The van der Waals surface area contributed by atoms with Crippen molar-refractivity contribution in [3.8, 4) is 28.9 Å². The van der Waals surface area contributed by atoms with Crippen molar-refractivity contribution in [3.05, 3.63) is 121 Å². The zero-order valence-corrected chi connectivity index (χ0v) is 19.0. The van der Waals surface area contributed by atoms with E-state index in [1.54, 1.807) is 48.5 Å². The third kappa shape index (κ3) is 5.36. The normalized spacial score (nSPS) is 10.5. The van der Waals surface area contributed by atoms with Crippen molar-refractivity contribution in [2.24, 2.45) is 0 Å². The lowest BCUT2D eigenvalue weighted by Gasteiger charge is -2.12. The first kappa shape index (κ1) is 21.9. The largest absolute Gasteiger partial charge is 0.457 e. The standard InChI is InChI=1S/C28H22N4O3/c1-20-29-26(32-17-7-8-18-32)19-27(30-20)35-23-15-13-21(14-16-23)31-28(33)24-11-5-6-12-25(24)34-22-9-3-2-4-10-22/h2-19H,1H3,(H,31,33). The van der Waals surface area contributed by atoms with Crippen LogP contribution < -0.4 is 14.8 Å². The Bertz CT molecular complexity index is 1430. The van der Waals surface area contributed by atoms with Gasteiger partial charge in [-0.15, -0.1) is 0 Å². The molecule has 0 unspecified atom stereocenters. The molecular weight excluding hydrogens is 440 g/mol. The number of carbonyl (C=O) groups excluding carboxylic acids is 1. The molecule has 1 amide bonds. The van der Waals surface area contributed by atoms with Gasteiger partial charge in [0, 0.05) is 24.1 Å². The van der Waals surface area contributed by atoms with Crippen LogP contribution in [-0.2, 0) is 0 Å². The monoisotopic (exact) mass is 462 g/mol. The molecule has 0 fully saturated rings. The molecule has 5 rings (SSSR count). The zero-order valence-electron chi connectivity index (χ0n) is 19.0. The number of nitrogens with zero attached hydrogens (tertiary/aromatic N) is 3. The number of nitrogens with one attached hydrogen (secondary N) is 1. The first-order valence-electron chi connectivity index (χ1n) is 11.0. The maximum absolute atomic E-state index is 12.9. The fourth-order valence-corrected chi connectivity index (χ4v) is 3.48. The van der Waals surface area contributed by atoms with Gasteiger partial charge in [0.1, 0.15) is 28.9 Å². The third-order valence-electron chi connectivity index (χ3n) is 5.11. The summed E-state index contributed by atoms with van der Waals surface area (Å²) >= 11 is 0. The summed E-state index contributed by atoms with van der Waals surface area (Å²) < 4.78 is 13.7. The molecule has 35 heavy (non-hydrogen) atoms. The number of aryl methyl sites for hydroxylation is 1. The number of amides is 1. The van der Waals surface area contributed by atoms with Crippen molar-refractivity contribution in [2.45, 2.75) is 6.92 Å². The van der Waals surface area contributed by atoms with Gasteiger partial charge in [-0.25, -0.2) is 4.98 Å². The van der Waals surface area contributed by atoms with Crippen LogP contribution in [0.15, 0.2) is 109 Å². The lowest BCUT2D eigenvalue weighted by atomic mass is 10.1. The number of carbonyl (C=O) groups is 1. The molecule has 0 aliphatic heterocycles. The molecule has 5 aromatic rings. The highest BCUT2D eigenvalue weighted by Crippen LogP contribution is 2.27. The lowest BCUT2D eigenvalue weighted by Crippen LogP contribution is -2.12. The predicted molar refractivity (Wildman–Crippen MR) is 134 cm³/mol. The Labute approximate surface area is 202 Å². The van der Waals surface area contributed by atoms with Crippen LogP contribution >= 0.6 is 0 Å². The molecule has 0 saturated heterocycles. The van der Waals surface area contributed by atoms with E-state index < -0.39 is 0 Å². The van der Waals surface area contributed by atoms with Crippen molar-refractivity contribution < 1.29 is 14.3 Å². The number of hydrogen-bond donors (Lipinski definition) is 1. The predicted octanol–water partition coefficient (Wildman–Crippen LogP) is 6.41. The first-order valence-corrected chi connectivity index (χ1v) is 11.0. The Balaban J connectivity index is 1.28. The van der Waals surface area contributed by atoms with E-state index in [1.807, 2.05) is 72.4 Å². The van der Waals surface area contributed by atoms with E-state index in [0.29, 0.717) is 40.2 Å². The van der Waals surface area contributed by atoms with E-state index in [2.05, 4.69) is 15.3 Å². The quantitative estimate of drug-likeness (QED) is 0.302. The van der Waals surface area contributed by atoms with Gasteiger partial charge in [0.15, 0.2) is 0 Å². The first-order chi connectivity index (χ1) is 17.1. The number of anilines is 1. The van der Waals surface area contributed by atoms with Crippen LogP contribution in [0, 0.1) is 6.92 Å². The fraction of sp³-hybridized carbons (Fsp3) is 0.0357. The fourth-order valence-electron chi connectivity index (χ4n) is 3.48. The minimum atomic E-state index is -0.270. The van der Waals surface area contributed by atoms with Gasteiger partial charge < -0.3 is 19.4 Å². The van der Waals surface area contributed by atoms with E-state index in [9.17, 15) is 4.79 Å². The van der Waals surface area contributed by atoms with E-state index in [0.717, 1.165) is 5.82 Å². The van der Waals surface area contributed by atoms with E-state index in [-0.39, 0.29) is 5.91 Å². The molecule has 2 heterocycles. The maximum Gasteiger partial charge on any atom is 0.259 e. The SMILES string of the molecule is Cc1nc(Oc2ccc(NC(=O)c3ccccc3Oc3ccccc3)cc2)cc(-n2cccc2)n1. The van der Waals surface area contributed by atoms with Crippen LogP contribution in [0.1, 0.15) is 16.2 Å². The Kier molecular flexibility index (Phi) is 6.21. The van der Waals surface area contributed by atoms with Gasteiger partial charge in [0.05, 0.1) is 5.56 Å². The molecule has 0 aliphatic carbocycles. The highest BCUT2D eigenvalue weighted by Gasteiger charge is 2.13. The van der Waals surface area contributed by atoms with Crippen LogP contribution in [-0.4, -0.2) is 20.4 Å². The minimum Gasteiger partial charge on any atom is -0.457 e. The number of aromatic nitrogens is 3. The Hall–Kier alpha value is -4.91. The van der Waals surface area contributed by atoms with Gasteiger partial charge in [-0.2, -0.15) is 4.98 Å². The second-order valence-electron chi connectivity index (χ2n) is 7.69. The molecule has 172 valence electrons. The van der Waals surface area contributed by atoms with Gasteiger partial charge in [-0.05, 0) is 67.6 Å². The summed E-state index contributed by atoms with van der Waals surface area (Å²) in [6, 6.07) is 29.2. The van der Waals surface area contributed by atoms with E-state index in [1.165, 1.54) is 0 Å². The highest BCUT2D eigenvalue weighted by molar-refractivity contribution is 6.06. The Morgan fingerprint density at radius 1 is 0.771 bits per heavy atom. The molecule has 0 saturated carbocycles. The molecule has 0 radical (unpaired) electrons. The van der Waals surface area contributed by atoms with Crippen LogP contribution in [0.2, 0.25) is 0 Å². The van der Waals surface area contributed by atoms with Crippen LogP contribution in [0.5, 0.6) is 23.1 Å². The van der Waals surface area contributed by atoms with Crippen molar-refractivity contribution in [1.29, 1.82) is 0 Å². The van der Waals surface area contributed by atoms with Gasteiger partial charge in [0.25, 0.3) is 5.91 Å². The summed E-state index contributed by atoms with van der Waals surface area (Å²) in [5.41, 5.74) is 1.06. The van der Waals surface area contributed by atoms with Crippen molar-refractivity contribution in [2.75, 3.05) is 5.32 Å². The van der Waals surface area contributed by atoms with Gasteiger partial charge >= 0.3 is 0 Å². The summed E-state index contributed by atoms with van der Waals surface area (Å²) in [5, 5.41) is 2.91. The molecular formula is C28H22N4O3. The van der Waals surface area contributed by atoms with Gasteiger partial charge in [-0.1, -0.05) is 30.3 Å². The molecule has 1 N–H and O–H groups in total. The van der Waals surface area contributed by atoms with Crippen LogP contribution in [0.3, 0.4) is 0 Å². The zero-order chi connectivity index (χ0) is 24.0. The molecule has 0 spiro atoms. The molecule has 0 atom stereocenters. The molecule has 0 aliphatic rings. The van der Waals surface area contributed by atoms with Gasteiger partial charge in [0.2, 0.25) is 5.88 Å². The Morgan fingerprint density at radius 3 is 2.23 bits per heavy atom. The highest BCUT2D eigenvalue weighted by atomic mass is 16.5. The van der Waals surface area contributed by atoms with Crippen molar-refractivity contribution in [3.63, 3.8) is 0 Å². The summed E-state index contributed by atoms with van der Waals surface area (Å²) in [6.45, 7) is 1.82. The Morgan fingerprint density at radius 2 is 1.46 bits per heavy atom. The molecule has 3 aromatic carbocycles. The number of hydrogen-bond acceptors (Lipinski definition) is 5. The number of para-hydroxylation sites is 2. The average molecular weight is 463 g/mol. The molecule has 7 heteroatoms. The summed E-state index contributed by atoms with van der Waals surface area (Å²) in [5.74, 6) is 3.22. The van der Waals surface area contributed by atoms with Crippen molar-refractivity contribution in [1.82, 2.24) is 14.5 Å². The number of rotatable bonds is 7. The van der Waals surface area contributed by atoms with Crippen LogP contribution in [0.25, 0.3) is 5.82 Å². The third-order valence-corrected chi connectivity index (χ3v) is 5.11. The molecule has 7 nitrogen and oxygen atoms in total. The van der Waals surface area contributed by atoms with Crippen LogP contribution in [0.4, 0.5) is 5.69 Å². The summed E-state index contributed by atoms with van der Waals surface area (Å²) in [7, 11) is 0. The number of benzene rings is 3.